The first-order valence-corrected chi connectivity index (χ1v) is 9.90. The van der Waals surface area contributed by atoms with Crippen molar-refractivity contribution in [1.29, 1.82) is 0 Å². The molecule has 0 radical (unpaired) electrons. The molecule has 1 heterocycles. The highest BCUT2D eigenvalue weighted by Gasteiger charge is 2.06. The molecule has 0 spiro atoms. The van der Waals surface area contributed by atoms with Gasteiger partial charge in [-0.3, -0.25) is 4.99 Å². The van der Waals surface area contributed by atoms with Crippen molar-refractivity contribution in [1.82, 2.24) is 20.2 Å². The van der Waals surface area contributed by atoms with Gasteiger partial charge in [0.2, 0.25) is 0 Å². The first kappa shape index (κ1) is 24.0. The molecule has 0 fully saturated rings. The molecule has 1 atom stereocenters. The molecule has 3 rings (SSSR count). The number of imidazole rings is 1. The minimum Gasteiger partial charge on any atom is -0.489 e. The van der Waals surface area contributed by atoms with Crippen LogP contribution in [0.25, 0.3) is 0 Å². The van der Waals surface area contributed by atoms with Crippen molar-refractivity contribution in [3.63, 3.8) is 0 Å². The molecule has 30 heavy (non-hydrogen) atoms. The number of hydrogen-bond acceptors (Lipinski definition) is 3. The largest absolute Gasteiger partial charge is 0.489 e. The van der Waals surface area contributed by atoms with E-state index in [9.17, 15) is 0 Å². The van der Waals surface area contributed by atoms with Gasteiger partial charge in [0.25, 0.3) is 0 Å². The molecule has 1 unspecified atom stereocenters. The number of nitrogens with one attached hydrogen (secondary N) is 2. The van der Waals surface area contributed by atoms with Crippen molar-refractivity contribution in [2.24, 2.45) is 4.99 Å². The highest BCUT2D eigenvalue weighted by molar-refractivity contribution is 14.0. The number of hydrogen-bond donors (Lipinski definition) is 2. The van der Waals surface area contributed by atoms with E-state index in [4.69, 9.17) is 16.3 Å². The maximum Gasteiger partial charge on any atom is 0.191 e. The quantitative estimate of drug-likeness (QED) is 0.254. The predicted octanol–water partition coefficient (Wildman–Crippen LogP) is 4.34. The van der Waals surface area contributed by atoms with Gasteiger partial charge in [-0.15, -0.1) is 24.0 Å². The lowest BCUT2D eigenvalue weighted by atomic mass is 10.1. The number of guanidine groups is 1. The molecule has 8 heteroatoms. The Labute approximate surface area is 199 Å². The lowest BCUT2D eigenvalue weighted by molar-refractivity contribution is 0.224. The predicted molar refractivity (Wildman–Crippen MR) is 133 cm³/mol. The topological polar surface area (TPSA) is 63.5 Å². The standard InChI is InChI=1S/C22H26ClN5O.HI/c1-17(29-21-8-6-20(23)7-9-21)13-26-22(24-2)27-14-18-4-3-5-19(12-18)15-28-11-10-25-16-28;/h3-12,16-17H,13-15H2,1-2H3,(H2,24,26,27);1H. The van der Waals surface area contributed by atoms with Crippen molar-refractivity contribution >= 4 is 41.5 Å². The zero-order valence-electron chi connectivity index (χ0n) is 17.1. The molecule has 160 valence electrons. The second-order valence-corrected chi connectivity index (χ2v) is 7.18. The van der Waals surface area contributed by atoms with E-state index in [1.807, 2.05) is 43.7 Å². The van der Waals surface area contributed by atoms with E-state index in [1.165, 1.54) is 11.1 Å². The summed E-state index contributed by atoms with van der Waals surface area (Å²) in [6, 6.07) is 15.8. The van der Waals surface area contributed by atoms with Crippen LogP contribution in [-0.4, -0.2) is 35.2 Å². The fourth-order valence-corrected chi connectivity index (χ4v) is 2.99. The highest BCUT2D eigenvalue weighted by Crippen LogP contribution is 2.16. The van der Waals surface area contributed by atoms with E-state index in [0.717, 1.165) is 18.3 Å². The van der Waals surface area contributed by atoms with E-state index in [0.29, 0.717) is 18.1 Å². The summed E-state index contributed by atoms with van der Waals surface area (Å²) in [4.78, 5) is 8.37. The van der Waals surface area contributed by atoms with Crippen molar-refractivity contribution < 1.29 is 4.74 Å². The van der Waals surface area contributed by atoms with Gasteiger partial charge < -0.3 is 19.9 Å². The van der Waals surface area contributed by atoms with Crippen LogP contribution in [-0.2, 0) is 13.1 Å². The van der Waals surface area contributed by atoms with Crippen LogP contribution in [0.3, 0.4) is 0 Å². The molecule has 6 nitrogen and oxygen atoms in total. The van der Waals surface area contributed by atoms with Crippen LogP contribution in [0, 0.1) is 0 Å². The van der Waals surface area contributed by atoms with Crippen molar-refractivity contribution in [2.45, 2.75) is 26.1 Å². The Kier molecular flexibility index (Phi) is 9.96. The monoisotopic (exact) mass is 539 g/mol. The minimum atomic E-state index is -0.0202. The minimum absolute atomic E-state index is 0. The first-order chi connectivity index (χ1) is 14.1. The number of benzene rings is 2. The lowest BCUT2D eigenvalue weighted by Crippen LogP contribution is -2.41. The Balaban J connectivity index is 0.00000320. The van der Waals surface area contributed by atoms with E-state index < -0.39 is 0 Å². The summed E-state index contributed by atoms with van der Waals surface area (Å²) in [6.07, 6.45) is 5.56. The average Bonchev–Trinajstić information content (AvgIpc) is 3.23. The van der Waals surface area contributed by atoms with Gasteiger partial charge in [0.15, 0.2) is 5.96 Å². The number of ether oxygens (including phenoxy) is 1. The van der Waals surface area contributed by atoms with E-state index in [2.05, 4.69) is 49.4 Å². The van der Waals surface area contributed by atoms with Crippen LogP contribution < -0.4 is 15.4 Å². The van der Waals surface area contributed by atoms with Crippen LogP contribution in [0.4, 0.5) is 0 Å². The van der Waals surface area contributed by atoms with Crippen LogP contribution >= 0.6 is 35.6 Å². The number of rotatable bonds is 8. The molecular weight excluding hydrogens is 513 g/mol. The second kappa shape index (κ2) is 12.4. The smallest absolute Gasteiger partial charge is 0.191 e. The third-order valence-corrected chi connectivity index (χ3v) is 4.56. The zero-order valence-corrected chi connectivity index (χ0v) is 20.2. The molecule has 3 aromatic rings. The highest BCUT2D eigenvalue weighted by atomic mass is 127. The Bertz CT molecular complexity index is 916. The van der Waals surface area contributed by atoms with Crippen molar-refractivity contribution in [2.75, 3.05) is 13.6 Å². The Morgan fingerprint density at radius 3 is 2.63 bits per heavy atom. The molecule has 0 amide bonds. The van der Waals surface area contributed by atoms with Gasteiger partial charge in [-0.2, -0.15) is 0 Å². The van der Waals surface area contributed by atoms with Crippen molar-refractivity contribution in [3.05, 3.63) is 83.4 Å². The number of aromatic nitrogens is 2. The van der Waals surface area contributed by atoms with Gasteiger partial charge in [0.05, 0.1) is 12.9 Å². The Morgan fingerprint density at radius 1 is 1.17 bits per heavy atom. The molecule has 0 saturated carbocycles. The molecule has 2 aromatic carbocycles. The Morgan fingerprint density at radius 2 is 1.93 bits per heavy atom. The van der Waals surface area contributed by atoms with Gasteiger partial charge in [-0.25, -0.2) is 4.98 Å². The van der Waals surface area contributed by atoms with E-state index in [-0.39, 0.29) is 30.1 Å². The summed E-state index contributed by atoms with van der Waals surface area (Å²) in [6.45, 7) is 4.13. The van der Waals surface area contributed by atoms with Crippen molar-refractivity contribution in [3.8, 4) is 5.75 Å². The SMILES string of the molecule is CN=C(NCc1cccc(Cn2ccnc2)c1)NCC(C)Oc1ccc(Cl)cc1.I. The molecule has 0 aliphatic rings. The number of halogens is 2. The lowest BCUT2D eigenvalue weighted by Gasteiger charge is -2.18. The van der Waals surface area contributed by atoms with Gasteiger partial charge in [-0.1, -0.05) is 35.9 Å². The third-order valence-electron chi connectivity index (χ3n) is 4.31. The summed E-state index contributed by atoms with van der Waals surface area (Å²) in [5.74, 6) is 1.53. The maximum absolute atomic E-state index is 5.90. The van der Waals surface area contributed by atoms with Gasteiger partial charge >= 0.3 is 0 Å². The summed E-state index contributed by atoms with van der Waals surface area (Å²) in [7, 11) is 1.76. The molecule has 0 bridgehead atoms. The van der Waals surface area contributed by atoms with Gasteiger partial charge in [-0.05, 0) is 42.3 Å². The van der Waals surface area contributed by atoms with Crippen LogP contribution in [0.1, 0.15) is 18.1 Å². The van der Waals surface area contributed by atoms with Crippen LogP contribution in [0.2, 0.25) is 5.02 Å². The number of nitrogens with zero attached hydrogens (tertiary/aromatic N) is 3. The summed E-state index contributed by atoms with van der Waals surface area (Å²) < 4.78 is 7.93. The molecule has 1 aromatic heterocycles. The second-order valence-electron chi connectivity index (χ2n) is 6.74. The zero-order chi connectivity index (χ0) is 20.5. The average molecular weight is 540 g/mol. The number of aliphatic imine (C=N–C) groups is 1. The van der Waals surface area contributed by atoms with Gasteiger partial charge in [0, 0.05) is 37.6 Å². The fraction of sp³-hybridized carbons (Fsp3) is 0.273. The van der Waals surface area contributed by atoms with E-state index in [1.54, 1.807) is 13.2 Å². The normalized spacial score (nSPS) is 12.0. The molecule has 0 saturated heterocycles. The van der Waals surface area contributed by atoms with Crippen LogP contribution in [0.15, 0.2) is 72.2 Å². The fourth-order valence-electron chi connectivity index (χ4n) is 2.86. The summed E-state index contributed by atoms with van der Waals surface area (Å²) >= 11 is 5.90. The molecular formula is C22H27ClIN5O. The molecule has 2 N–H and O–H groups in total. The van der Waals surface area contributed by atoms with E-state index >= 15 is 0 Å². The molecule has 0 aliphatic heterocycles. The summed E-state index contributed by atoms with van der Waals surface area (Å²) in [5, 5.41) is 7.34. The van der Waals surface area contributed by atoms with Gasteiger partial charge in [0.1, 0.15) is 11.9 Å². The molecule has 0 aliphatic carbocycles. The maximum atomic E-state index is 5.90. The Hall–Kier alpha value is -2.26. The van der Waals surface area contributed by atoms with Crippen LogP contribution in [0.5, 0.6) is 5.75 Å². The summed E-state index contributed by atoms with van der Waals surface area (Å²) in [5.41, 5.74) is 2.42. The first-order valence-electron chi connectivity index (χ1n) is 9.52. The third kappa shape index (κ3) is 7.87.